The van der Waals surface area contributed by atoms with Crippen molar-refractivity contribution in [1.29, 1.82) is 0 Å². The smallest absolute Gasteiger partial charge is 0.410 e. The monoisotopic (exact) mass is 295 g/mol. The van der Waals surface area contributed by atoms with Gasteiger partial charge in [-0.25, -0.2) is 4.79 Å². The van der Waals surface area contributed by atoms with Crippen molar-refractivity contribution in [2.75, 3.05) is 13.1 Å². The molecule has 0 bridgehead atoms. The van der Waals surface area contributed by atoms with Crippen molar-refractivity contribution in [2.45, 2.75) is 32.8 Å². The maximum absolute atomic E-state index is 11.9. The minimum absolute atomic E-state index is 0.147. The Morgan fingerprint density at radius 1 is 1.43 bits per heavy atom. The van der Waals surface area contributed by atoms with Crippen LogP contribution in [-0.4, -0.2) is 50.5 Å². The Hall–Kier alpha value is -2.05. The average molecular weight is 295 g/mol. The number of rotatable bonds is 3. The number of amides is 1. The Balaban J connectivity index is 2.01. The molecule has 1 fully saturated rings. The van der Waals surface area contributed by atoms with Crippen LogP contribution in [0, 0.1) is 5.41 Å². The van der Waals surface area contributed by atoms with Gasteiger partial charge in [-0.2, -0.15) is 5.10 Å². The molecule has 0 aromatic carbocycles. The zero-order chi connectivity index (χ0) is 15.8. The van der Waals surface area contributed by atoms with Gasteiger partial charge in [-0.3, -0.25) is 9.48 Å². The van der Waals surface area contributed by atoms with Crippen molar-refractivity contribution in [3.8, 4) is 0 Å². The molecule has 0 atom stereocenters. The van der Waals surface area contributed by atoms with Gasteiger partial charge in [-0.1, -0.05) is 0 Å². The number of aromatic nitrogens is 2. The van der Waals surface area contributed by atoms with Crippen molar-refractivity contribution in [2.24, 2.45) is 12.5 Å². The van der Waals surface area contributed by atoms with Crippen LogP contribution in [0.15, 0.2) is 12.3 Å². The van der Waals surface area contributed by atoms with Crippen LogP contribution in [-0.2, 0) is 23.0 Å². The molecule has 1 saturated heterocycles. The molecule has 1 aromatic rings. The molecular weight excluding hydrogens is 274 g/mol. The molecule has 1 aliphatic rings. The first-order valence-electron chi connectivity index (χ1n) is 6.81. The highest BCUT2D eigenvalue weighted by atomic mass is 16.6. The van der Waals surface area contributed by atoms with E-state index in [1.165, 1.54) is 4.90 Å². The number of aryl methyl sites for hydroxylation is 1. The predicted molar refractivity (Wildman–Crippen MR) is 74.8 cm³/mol. The van der Waals surface area contributed by atoms with Crippen LogP contribution in [0.5, 0.6) is 0 Å². The fourth-order valence-electron chi connectivity index (χ4n) is 2.37. The third kappa shape index (κ3) is 3.34. The first kappa shape index (κ1) is 15.3. The topological polar surface area (TPSA) is 84.7 Å². The number of hydrogen-bond acceptors (Lipinski definition) is 4. The van der Waals surface area contributed by atoms with Gasteiger partial charge in [0.15, 0.2) is 0 Å². The molecule has 1 aliphatic heterocycles. The van der Waals surface area contributed by atoms with E-state index in [4.69, 9.17) is 4.74 Å². The van der Waals surface area contributed by atoms with Gasteiger partial charge in [0.05, 0.1) is 5.69 Å². The van der Waals surface area contributed by atoms with Gasteiger partial charge in [-0.05, 0) is 26.8 Å². The van der Waals surface area contributed by atoms with Crippen molar-refractivity contribution < 1.29 is 19.4 Å². The molecule has 0 spiro atoms. The zero-order valence-corrected chi connectivity index (χ0v) is 12.8. The van der Waals surface area contributed by atoms with E-state index in [1.54, 1.807) is 44.8 Å². The lowest BCUT2D eigenvalue weighted by molar-refractivity contribution is -0.159. The highest BCUT2D eigenvalue weighted by Gasteiger charge is 2.52. The summed E-state index contributed by atoms with van der Waals surface area (Å²) < 4.78 is 6.88. The number of carbonyl (C=O) groups excluding carboxylic acids is 1. The van der Waals surface area contributed by atoms with Gasteiger partial charge >= 0.3 is 12.1 Å². The van der Waals surface area contributed by atoms with Crippen molar-refractivity contribution in [3.63, 3.8) is 0 Å². The summed E-state index contributed by atoms with van der Waals surface area (Å²) in [5.41, 5.74) is -0.839. The molecule has 0 aliphatic carbocycles. The predicted octanol–water partition coefficient (Wildman–Crippen LogP) is 1.28. The van der Waals surface area contributed by atoms with E-state index in [2.05, 4.69) is 5.10 Å². The van der Waals surface area contributed by atoms with E-state index >= 15 is 0 Å². The van der Waals surface area contributed by atoms with Gasteiger partial charge in [0, 0.05) is 32.8 Å². The van der Waals surface area contributed by atoms with E-state index in [0.717, 1.165) is 0 Å². The first-order chi connectivity index (χ1) is 9.61. The molecule has 1 amide bonds. The number of aliphatic carboxylic acids is 1. The molecule has 2 heterocycles. The van der Waals surface area contributed by atoms with Crippen molar-refractivity contribution in [1.82, 2.24) is 14.7 Å². The Kier molecular flexibility index (Phi) is 3.69. The lowest BCUT2D eigenvalue weighted by atomic mass is 9.76. The van der Waals surface area contributed by atoms with E-state index in [1.807, 2.05) is 0 Å². The van der Waals surface area contributed by atoms with Gasteiger partial charge in [0.2, 0.25) is 0 Å². The Labute approximate surface area is 123 Å². The minimum atomic E-state index is -0.967. The maximum Gasteiger partial charge on any atom is 0.410 e. The van der Waals surface area contributed by atoms with Gasteiger partial charge in [-0.15, -0.1) is 0 Å². The second kappa shape index (κ2) is 5.05. The Bertz CT molecular complexity index is 553. The fraction of sp³-hybridized carbons (Fsp3) is 0.643. The van der Waals surface area contributed by atoms with Crippen LogP contribution >= 0.6 is 0 Å². The fourth-order valence-corrected chi connectivity index (χ4v) is 2.37. The van der Waals surface area contributed by atoms with Gasteiger partial charge < -0.3 is 14.7 Å². The number of carbonyl (C=O) groups is 2. The average Bonchev–Trinajstić information content (AvgIpc) is 2.65. The summed E-state index contributed by atoms with van der Waals surface area (Å²) in [7, 11) is 1.78. The van der Waals surface area contributed by atoms with Crippen LogP contribution in [0.2, 0.25) is 0 Å². The lowest BCUT2D eigenvalue weighted by Gasteiger charge is -2.46. The lowest BCUT2D eigenvalue weighted by Crippen LogP contribution is -2.63. The van der Waals surface area contributed by atoms with E-state index in [0.29, 0.717) is 12.1 Å². The summed E-state index contributed by atoms with van der Waals surface area (Å²) in [6, 6.07) is 1.79. The van der Waals surface area contributed by atoms with Crippen LogP contribution in [0.3, 0.4) is 0 Å². The summed E-state index contributed by atoms with van der Waals surface area (Å²) >= 11 is 0. The van der Waals surface area contributed by atoms with Gasteiger partial charge in [0.1, 0.15) is 11.0 Å². The second-order valence-electron chi connectivity index (χ2n) is 6.58. The molecule has 0 radical (unpaired) electrons. The first-order valence-corrected chi connectivity index (χ1v) is 6.81. The normalized spacial score (nSPS) is 17.2. The number of nitrogens with zero attached hydrogens (tertiary/aromatic N) is 3. The van der Waals surface area contributed by atoms with E-state index in [9.17, 15) is 14.7 Å². The van der Waals surface area contributed by atoms with E-state index in [-0.39, 0.29) is 13.1 Å². The summed E-state index contributed by atoms with van der Waals surface area (Å²) in [5, 5.41) is 13.7. The molecule has 2 rings (SSSR count). The number of likely N-dealkylation sites (tertiary alicyclic amines) is 1. The van der Waals surface area contributed by atoms with Crippen LogP contribution in [0.25, 0.3) is 0 Å². The Morgan fingerprint density at radius 2 is 2.05 bits per heavy atom. The molecule has 7 nitrogen and oxygen atoms in total. The van der Waals surface area contributed by atoms with Crippen molar-refractivity contribution in [3.05, 3.63) is 18.0 Å². The molecule has 7 heteroatoms. The second-order valence-corrected chi connectivity index (χ2v) is 6.58. The number of carboxylic acids is 1. The van der Waals surface area contributed by atoms with Crippen LogP contribution < -0.4 is 0 Å². The molecule has 1 N–H and O–H groups in total. The maximum atomic E-state index is 11.9. The quantitative estimate of drug-likeness (QED) is 0.908. The third-order valence-electron chi connectivity index (χ3n) is 3.38. The standard InChI is InChI=1S/C14H21N3O4/c1-13(2,3)21-12(20)17-8-14(9-17,11(18)19)7-10-5-6-16(4)15-10/h5-6H,7-9H2,1-4H3,(H,18,19). The molecule has 116 valence electrons. The van der Waals surface area contributed by atoms with Crippen molar-refractivity contribution >= 4 is 12.1 Å². The van der Waals surface area contributed by atoms with Gasteiger partial charge in [0.25, 0.3) is 0 Å². The molecular formula is C14H21N3O4. The number of carboxylic acid groups (broad SMARTS) is 1. The number of hydrogen-bond donors (Lipinski definition) is 1. The molecule has 21 heavy (non-hydrogen) atoms. The summed E-state index contributed by atoms with van der Waals surface area (Å²) in [6.07, 6.45) is 1.61. The molecule has 1 aromatic heterocycles. The van der Waals surface area contributed by atoms with E-state index < -0.39 is 23.1 Å². The molecule has 0 saturated carbocycles. The van der Waals surface area contributed by atoms with Crippen LogP contribution in [0.1, 0.15) is 26.5 Å². The highest BCUT2D eigenvalue weighted by Crippen LogP contribution is 2.35. The highest BCUT2D eigenvalue weighted by molar-refractivity contribution is 5.81. The SMILES string of the molecule is Cn1ccc(CC2(C(=O)O)CN(C(=O)OC(C)(C)C)C2)n1. The Morgan fingerprint density at radius 3 is 2.48 bits per heavy atom. The summed E-state index contributed by atoms with van der Waals surface area (Å²) in [6.45, 7) is 5.64. The molecule has 0 unspecified atom stereocenters. The van der Waals surface area contributed by atoms with Crippen LogP contribution in [0.4, 0.5) is 4.79 Å². The summed E-state index contributed by atoms with van der Waals surface area (Å²) in [5.74, 6) is -0.909. The minimum Gasteiger partial charge on any atom is -0.481 e. The largest absolute Gasteiger partial charge is 0.481 e. The zero-order valence-electron chi connectivity index (χ0n) is 12.8. The summed E-state index contributed by atoms with van der Waals surface area (Å²) in [4.78, 5) is 24.9. The third-order valence-corrected chi connectivity index (χ3v) is 3.38. The number of ether oxygens (including phenoxy) is 1.